The van der Waals surface area contributed by atoms with E-state index in [2.05, 4.69) is 67.7 Å². The van der Waals surface area contributed by atoms with Crippen molar-refractivity contribution in [3.8, 4) is 0 Å². The first-order valence-electron chi connectivity index (χ1n) is 11.9. The van der Waals surface area contributed by atoms with Crippen molar-refractivity contribution in [1.82, 2.24) is 4.90 Å². The zero-order valence-corrected chi connectivity index (χ0v) is 25.0. The van der Waals surface area contributed by atoms with E-state index in [1.807, 2.05) is 20.8 Å². The molecule has 0 aromatic heterocycles. The molecule has 188 valence electrons. The molecule has 0 unspecified atom stereocenters. The molecule has 0 aromatic carbocycles. The minimum absolute atomic E-state index is 0.0271. The lowest BCUT2D eigenvalue weighted by molar-refractivity contribution is -0.135. The van der Waals surface area contributed by atoms with E-state index in [0.717, 1.165) is 6.42 Å². The van der Waals surface area contributed by atoms with E-state index in [1.54, 1.807) is 4.90 Å². The molecule has 1 heterocycles. The summed E-state index contributed by atoms with van der Waals surface area (Å²) in [6.45, 7) is 27.8. The predicted molar refractivity (Wildman–Crippen MR) is 136 cm³/mol. The van der Waals surface area contributed by atoms with Crippen LogP contribution in [0.25, 0.3) is 0 Å². The van der Waals surface area contributed by atoms with Crippen LogP contribution < -0.4 is 0 Å². The van der Waals surface area contributed by atoms with Gasteiger partial charge in [-0.25, -0.2) is 4.79 Å². The zero-order valence-electron chi connectivity index (χ0n) is 23.0. The van der Waals surface area contributed by atoms with Crippen LogP contribution in [0.2, 0.25) is 36.3 Å². The Hall–Kier alpha value is -0.866. The summed E-state index contributed by atoms with van der Waals surface area (Å²) >= 11 is 0. The zero-order chi connectivity index (χ0) is 25.3. The first-order valence-corrected chi connectivity index (χ1v) is 17.8. The molecule has 8 heteroatoms. The van der Waals surface area contributed by atoms with Gasteiger partial charge in [-0.2, -0.15) is 0 Å². The van der Waals surface area contributed by atoms with Gasteiger partial charge in [0.25, 0.3) is 14.3 Å². The number of rotatable bonds is 6. The van der Waals surface area contributed by atoms with E-state index in [4.69, 9.17) is 13.6 Å². The Morgan fingerprint density at radius 2 is 1.38 bits per heavy atom. The van der Waals surface area contributed by atoms with Gasteiger partial charge in [0.05, 0.1) is 6.10 Å². The highest BCUT2D eigenvalue weighted by molar-refractivity contribution is 6.75. The van der Waals surface area contributed by atoms with Crippen LogP contribution in [0.15, 0.2) is 0 Å². The van der Waals surface area contributed by atoms with Crippen molar-refractivity contribution < 1.29 is 23.2 Å². The van der Waals surface area contributed by atoms with Crippen LogP contribution in [0.3, 0.4) is 0 Å². The predicted octanol–water partition coefficient (Wildman–Crippen LogP) is 6.71. The molecule has 0 aliphatic carbocycles. The maximum absolute atomic E-state index is 12.9. The summed E-state index contributed by atoms with van der Waals surface area (Å²) in [6, 6.07) is -0.0911. The molecule has 1 saturated heterocycles. The molecule has 0 radical (unpaired) electrons. The number of ether oxygens (including phenoxy) is 1. The summed E-state index contributed by atoms with van der Waals surface area (Å²) in [5, 5.41) is 0.0650. The van der Waals surface area contributed by atoms with Gasteiger partial charge in [-0.15, -0.1) is 0 Å². The fourth-order valence-electron chi connectivity index (χ4n) is 3.14. The van der Waals surface area contributed by atoms with Gasteiger partial charge in [0.15, 0.2) is 8.32 Å². The molecule has 0 saturated carbocycles. The lowest BCUT2D eigenvalue weighted by atomic mass is 10.1. The molecule has 0 bridgehead atoms. The van der Waals surface area contributed by atoms with Crippen molar-refractivity contribution in [2.24, 2.45) is 0 Å². The first kappa shape index (κ1) is 29.2. The van der Waals surface area contributed by atoms with E-state index >= 15 is 0 Å². The van der Waals surface area contributed by atoms with E-state index in [-0.39, 0.29) is 34.3 Å². The van der Waals surface area contributed by atoms with Crippen LogP contribution in [0.1, 0.15) is 81.6 Å². The van der Waals surface area contributed by atoms with Gasteiger partial charge < -0.3 is 18.5 Å². The van der Waals surface area contributed by atoms with Crippen LogP contribution in [0, 0.1) is 0 Å². The second-order valence-corrected chi connectivity index (χ2v) is 22.8. The van der Waals surface area contributed by atoms with E-state index in [0.29, 0.717) is 19.4 Å². The summed E-state index contributed by atoms with van der Waals surface area (Å²) < 4.78 is 18.2. The minimum Gasteiger partial charge on any atom is -0.519 e. The second-order valence-electron chi connectivity index (χ2n) is 13.3. The molecule has 2 atom stereocenters. The molecule has 1 aliphatic rings. The summed E-state index contributed by atoms with van der Waals surface area (Å²) in [5.41, 5.74) is -0.568. The Morgan fingerprint density at radius 1 is 0.875 bits per heavy atom. The van der Waals surface area contributed by atoms with E-state index in [9.17, 15) is 9.59 Å². The van der Waals surface area contributed by atoms with Gasteiger partial charge in [-0.3, -0.25) is 4.79 Å². The lowest BCUT2D eigenvalue weighted by Crippen LogP contribution is -2.45. The Morgan fingerprint density at radius 3 is 1.81 bits per heavy atom. The van der Waals surface area contributed by atoms with Crippen molar-refractivity contribution >= 4 is 28.7 Å². The largest absolute Gasteiger partial charge is 0.519 e. The Bertz CT molecular complexity index is 671. The van der Waals surface area contributed by atoms with Gasteiger partial charge in [-0.1, -0.05) is 41.5 Å². The van der Waals surface area contributed by atoms with Crippen molar-refractivity contribution in [1.29, 1.82) is 0 Å². The minimum atomic E-state index is -2.16. The van der Waals surface area contributed by atoms with Gasteiger partial charge >= 0.3 is 6.09 Å². The number of carbonyl (C=O) groups is 2. The molecule has 0 aromatic rings. The summed E-state index contributed by atoms with van der Waals surface area (Å²) in [4.78, 5) is 27.4. The third kappa shape index (κ3) is 8.17. The highest BCUT2D eigenvalue weighted by Crippen LogP contribution is 2.40. The number of amides is 1. The Kier molecular flexibility index (Phi) is 8.92. The number of carbonyl (C=O) groups excluding carboxylic acids is 2. The van der Waals surface area contributed by atoms with Crippen LogP contribution in [0.5, 0.6) is 0 Å². The number of nitrogens with zero attached hydrogens (tertiary/aromatic N) is 1. The fraction of sp³-hybridized carbons (Fsp3) is 0.917. The smallest absolute Gasteiger partial charge is 0.410 e. The maximum atomic E-state index is 12.9. The number of hydrogen-bond acceptors (Lipinski definition) is 5. The molecular formula is C24H49NO5Si2. The van der Waals surface area contributed by atoms with Crippen LogP contribution >= 0.6 is 0 Å². The maximum Gasteiger partial charge on any atom is 0.410 e. The summed E-state index contributed by atoms with van der Waals surface area (Å²) in [7, 11) is -4.13. The average molecular weight is 488 g/mol. The molecule has 1 aliphatic heterocycles. The van der Waals surface area contributed by atoms with Gasteiger partial charge in [0.1, 0.15) is 5.60 Å². The van der Waals surface area contributed by atoms with Crippen molar-refractivity contribution in [2.75, 3.05) is 6.54 Å². The number of hydrogen-bond donors (Lipinski definition) is 0. The van der Waals surface area contributed by atoms with Crippen LogP contribution in [-0.2, 0) is 18.4 Å². The molecule has 1 fully saturated rings. The quantitative estimate of drug-likeness (QED) is 0.389. The monoisotopic (exact) mass is 487 g/mol. The number of likely N-dealkylation sites (tertiary alicyclic amines) is 1. The van der Waals surface area contributed by atoms with Crippen LogP contribution in [0.4, 0.5) is 4.79 Å². The third-order valence-electron chi connectivity index (χ3n) is 7.13. The van der Waals surface area contributed by atoms with Gasteiger partial charge in [0.2, 0.25) is 0 Å². The molecule has 32 heavy (non-hydrogen) atoms. The molecule has 1 rings (SSSR count). The molecular weight excluding hydrogens is 438 g/mol. The fourth-order valence-corrected chi connectivity index (χ4v) is 5.48. The average Bonchev–Trinajstić information content (AvgIpc) is 2.91. The second kappa shape index (κ2) is 9.78. The van der Waals surface area contributed by atoms with Crippen molar-refractivity contribution in [2.45, 2.75) is 136 Å². The lowest BCUT2D eigenvalue weighted by Gasteiger charge is -2.38. The van der Waals surface area contributed by atoms with Gasteiger partial charge in [-0.05, 0) is 69.9 Å². The van der Waals surface area contributed by atoms with Crippen molar-refractivity contribution in [3.05, 3.63) is 0 Å². The SMILES string of the molecule is CC(C)(C)OC(=O)N1C[C@H](O[Si](C)(C)C(C)(C)C)C[C@@H]1CCC(=O)O[Si](C)(C)C(C)(C)C. The molecule has 1 amide bonds. The highest BCUT2D eigenvalue weighted by Gasteiger charge is 2.45. The van der Waals surface area contributed by atoms with E-state index < -0.39 is 22.2 Å². The van der Waals surface area contributed by atoms with Gasteiger partial charge in [0, 0.05) is 19.0 Å². The van der Waals surface area contributed by atoms with Crippen LogP contribution in [-0.4, -0.2) is 57.9 Å². The standard InChI is InChI=1S/C24H49NO5Si2/c1-22(2,3)28-21(27)25-17-19(29-31(10,11)23(4,5)6)16-18(25)14-15-20(26)30-32(12,13)24(7,8)9/h18-19H,14-17H2,1-13H3/t18-,19+/m0/s1. The summed E-state index contributed by atoms with van der Waals surface area (Å²) in [6.07, 6.45) is 1.21. The molecule has 0 N–H and O–H groups in total. The third-order valence-corrected chi connectivity index (χ3v) is 16.0. The molecule has 0 spiro atoms. The Labute approximate surface area is 199 Å². The van der Waals surface area contributed by atoms with E-state index in [1.165, 1.54) is 0 Å². The van der Waals surface area contributed by atoms with Crippen molar-refractivity contribution in [3.63, 3.8) is 0 Å². The Balaban J connectivity index is 2.91. The topological polar surface area (TPSA) is 65.1 Å². The summed E-state index contributed by atoms with van der Waals surface area (Å²) in [5.74, 6) is -0.172. The highest BCUT2D eigenvalue weighted by atomic mass is 28.4. The normalized spacial score (nSPS) is 21.0. The molecule has 6 nitrogen and oxygen atoms in total. The first-order chi connectivity index (χ1) is 14.1.